The topological polar surface area (TPSA) is 110 Å². The van der Waals surface area contributed by atoms with Crippen molar-refractivity contribution in [3.05, 3.63) is 11.7 Å². The maximum absolute atomic E-state index is 11.1. The van der Waals surface area contributed by atoms with Crippen LogP contribution in [0.15, 0.2) is 9.52 Å². The number of primary amides is 1. The molecule has 1 aromatic heterocycles. The molecule has 0 aromatic carbocycles. The second-order valence-corrected chi connectivity index (χ2v) is 6.55. The van der Waals surface area contributed by atoms with Crippen molar-refractivity contribution >= 4 is 11.9 Å². The summed E-state index contributed by atoms with van der Waals surface area (Å²) in [5.41, 5.74) is 5.32. The summed E-state index contributed by atoms with van der Waals surface area (Å²) in [4.78, 5) is 22.0. The van der Waals surface area contributed by atoms with E-state index >= 15 is 0 Å². The van der Waals surface area contributed by atoms with Gasteiger partial charge in [-0.1, -0.05) is 19.0 Å². The van der Waals surface area contributed by atoms with Crippen molar-refractivity contribution in [3.8, 4) is 0 Å². The number of piperidine rings is 1. The molecule has 1 unspecified atom stereocenters. The Kier molecular flexibility index (Phi) is 6.57. The third kappa shape index (κ3) is 5.21. The third-order valence-electron chi connectivity index (χ3n) is 4.14. The van der Waals surface area contributed by atoms with Crippen LogP contribution < -0.4 is 11.1 Å². The molecule has 2 heterocycles. The summed E-state index contributed by atoms with van der Waals surface area (Å²) >= 11 is 0. The van der Waals surface area contributed by atoms with Crippen molar-refractivity contribution in [1.82, 2.24) is 20.4 Å². The fourth-order valence-corrected chi connectivity index (χ4v) is 2.93. The molecule has 1 aromatic rings. The Hall–Kier alpha value is -2.12. The lowest BCUT2D eigenvalue weighted by atomic mass is 9.95. The van der Waals surface area contributed by atoms with Gasteiger partial charge in [-0.15, -0.1) is 0 Å². The molecular weight excluding hydrogens is 308 g/mol. The number of guanidine groups is 1. The molecule has 3 N–H and O–H groups in total. The maximum Gasteiger partial charge on any atom is 0.228 e. The number of nitrogens with zero attached hydrogens (tertiary/aromatic N) is 4. The van der Waals surface area contributed by atoms with Gasteiger partial charge in [-0.2, -0.15) is 4.98 Å². The summed E-state index contributed by atoms with van der Waals surface area (Å²) in [5.74, 6) is 2.54. The predicted molar refractivity (Wildman–Crippen MR) is 91.6 cm³/mol. The predicted octanol–water partition coefficient (Wildman–Crippen LogP) is 0.898. The molecule has 1 aliphatic heterocycles. The second-order valence-electron chi connectivity index (χ2n) is 6.55. The van der Waals surface area contributed by atoms with E-state index in [0.29, 0.717) is 31.2 Å². The van der Waals surface area contributed by atoms with Gasteiger partial charge in [0, 0.05) is 45.4 Å². The van der Waals surface area contributed by atoms with Crippen molar-refractivity contribution < 1.29 is 9.32 Å². The van der Waals surface area contributed by atoms with E-state index in [2.05, 4.69) is 25.3 Å². The lowest BCUT2D eigenvalue weighted by Crippen LogP contribution is -2.47. The zero-order valence-electron chi connectivity index (χ0n) is 14.8. The Balaban J connectivity index is 1.82. The number of aliphatic imine (C=N–C) groups is 1. The highest BCUT2D eigenvalue weighted by atomic mass is 16.5. The van der Waals surface area contributed by atoms with Crippen LogP contribution in [0.1, 0.15) is 50.7 Å². The Labute approximate surface area is 142 Å². The van der Waals surface area contributed by atoms with Gasteiger partial charge in [0.15, 0.2) is 11.8 Å². The van der Waals surface area contributed by atoms with Crippen LogP contribution in [0.3, 0.4) is 0 Å². The molecule has 0 bridgehead atoms. The molecule has 2 rings (SSSR count). The van der Waals surface area contributed by atoms with E-state index in [4.69, 9.17) is 10.3 Å². The van der Waals surface area contributed by atoms with Crippen molar-refractivity contribution in [2.45, 2.75) is 45.4 Å². The quantitative estimate of drug-likeness (QED) is 0.590. The minimum absolute atomic E-state index is 0.234. The minimum Gasteiger partial charge on any atom is -0.370 e. The van der Waals surface area contributed by atoms with Crippen molar-refractivity contribution in [3.63, 3.8) is 0 Å². The van der Waals surface area contributed by atoms with E-state index in [1.807, 2.05) is 13.8 Å². The van der Waals surface area contributed by atoms with E-state index in [0.717, 1.165) is 37.7 Å². The highest BCUT2D eigenvalue weighted by molar-refractivity contribution is 5.80. The fourth-order valence-electron chi connectivity index (χ4n) is 2.93. The lowest BCUT2D eigenvalue weighted by Gasteiger charge is -2.34. The second kappa shape index (κ2) is 8.65. The van der Waals surface area contributed by atoms with E-state index in [1.54, 1.807) is 7.05 Å². The molecule has 1 amide bonds. The molecular formula is C16H28N6O2. The van der Waals surface area contributed by atoms with E-state index in [-0.39, 0.29) is 11.8 Å². The van der Waals surface area contributed by atoms with Gasteiger partial charge in [-0.25, -0.2) is 0 Å². The lowest BCUT2D eigenvalue weighted by molar-refractivity contribution is -0.119. The van der Waals surface area contributed by atoms with E-state index in [9.17, 15) is 4.79 Å². The first kappa shape index (κ1) is 18.2. The first-order valence-corrected chi connectivity index (χ1v) is 8.56. The van der Waals surface area contributed by atoms with Gasteiger partial charge in [0.25, 0.3) is 0 Å². The van der Waals surface area contributed by atoms with Crippen LogP contribution >= 0.6 is 0 Å². The van der Waals surface area contributed by atoms with Crippen LogP contribution in [0.4, 0.5) is 0 Å². The van der Waals surface area contributed by atoms with Crippen LogP contribution in [0, 0.1) is 5.92 Å². The Morgan fingerprint density at radius 3 is 2.96 bits per heavy atom. The first-order valence-electron chi connectivity index (χ1n) is 8.56. The average molecular weight is 336 g/mol. The van der Waals surface area contributed by atoms with Gasteiger partial charge in [-0.05, 0) is 18.8 Å². The van der Waals surface area contributed by atoms with Gasteiger partial charge in [0.05, 0.1) is 0 Å². The molecule has 1 atom stereocenters. The van der Waals surface area contributed by atoms with Crippen LogP contribution in [0.2, 0.25) is 0 Å². The first-order chi connectivity index (χ1) is 11.5. The molecule has 0 aliphatic carbocycles. The number of nitrogens with two attached hydrogens (primary N) is 1. The number of hydrogen-bond acceptors (Lipinski definition) is 5. The Bertz CT molecular complexity index is 569. The largest absolute Gasteiger partial charge is 0.370 e. The minimum atomic E-state index is -0.234. The molecule has 1 saturated heterocycles. The molecule has 0 spiro atoms. The van der Waals surface area contributed by atoms with Gasteiger partial charge in [0.2, 0.25) is 11.8 Å². The standard InChI is InChI=1S/C16H28N6O2/c1-11(2)15-20-14(24-21-15)6-7-19-16(18-3)22-8-4-5-12(10-22)9-13(17)23/h11-12H,4-10H2,1-3H3,(H2,17,23)(H,18,19). The molecule has 134 valence electrons. The van der Waals surface area contributed by atoms with Crippen molar-refractivity contribution in [1.29, 1.82) is 0 Å². The van der Waals surface area contributed by atoms with Crippen LogP contribution in [-0.2, 0) is 11.2 Å². The summed E-state index contributed by atoms with van der Waals surface area (Å²) in [6, 6.07) is 0. The number of rotatable bonds is 6. The zero-order chi connectivity index (χ0) is 17.5. The number of hydrogen-bond donors (Lipinski definition) is 2. The normalized spacial score (nSPS) is 18.9. The fraction of sp³-hybridized carbons (Fsp3) is 0.750. The van der Waals surface area contributed by atoms with Gasteiger partial charge < -0.3 is 20.5 Å². The Morgan fingerprint density at radius 2 is 2.33 bits per heavy atom. The van der Waals surface area contributed by atoms with Crippen LogP contribution in [0.25, 0.3) is 0 Å². The summed E-state index contributed by atoms with van der Waals surface area (Å²) in [7, 11) is 1.77. The van der Waals surface area contributed by atoms with Gasteiger partial charge in [-0.3, -0.25) is 9.79 Å². The SMILES string of the molecule is CN=C(NCCc1nc(C(C)C)no1)N1CCCC(CC(N)=O)C1. The number of carbonyl (C=O) groups is 1. The summed E-state index contributed by atoms with van der Waals surface area (Å²) in [5, 5.41) is 7.29. The molecule has 0 radical (unpaired) electrons. The monoisotopic (exact) mass is 336 g/mol. The van der Waals surface area contributed by atoms with E-state index < -0.39 is 0 Å². The number of likely N-dealkylation sites (tertiary alicyclic amines) is 1. The number of carbonyl (C=O) groups excluding carboxylic acids is 1. The summed E-state index contributed by atoms with van der Waals surface area (Å²) in [6.07, 6.45) is 3.17. The van der Waals surface area contributed by atoms with Gasteiger partial charge in [0.1, 0.15) is 0 Å². The molecule has 8 heteroatoms. The smallest absolute Gasteiger partial charge is 0.228 e. The molecule has 24 heavy (non-hydrogen) atoms. The highest BCUT2D eigenvalue weighted by Crippen LogP contribution is 2.19. The number of aromatic nitrogens is 2. The summed E-state index contributed by atoms with van der Waals surface area (Å²) in [6.45, 7) is 6.48. The zero-order valence-corrected chi connectivity index (χ0v) is 14.8. The van der Waals surface area contributed by atoms with E-state index in [1.165, 1.54) is 0 Å². The number of amides is 1. The maximum atomic E-state index is 11.1. The molecule has 8 nitrogen and oxygen atoms in total. The Morgan fingerprint density at radius 1 is 1.54 bits per heavy atom. The van der Waals surface area contributed by atoms with Crippen molar-refractivity contribution in [2.75, 3.05) is 26.7 Å². The molecule has 1 fully saturated rings. The number of nitrogens with one attached hydrogen (secondary N) is 1. The molecule has 1 aliphatic rings. The highest BCUT2D eigenvalue weighted by Gasteiger charge is 2.23. The van der Waals surface area contributed by atoms with Crippen molar-refractivity contribution in [2.24, 2.45) is 16.6 Å². The summed E-state index contributed by atoms with van der Waals surface area (Å²) < 4.78 is 5.24. The van der Waals surface area contributed by atoms with Crippen LogP contribution in [0.5, 0.6) is 0 Å². The molecule has 0 saturated carbocycles. The van der Waals surface area contributed by atoms with Gasteiger partial charge >= 0.3 is 0 Å². The third-order valence-corrected chi connectivity index (χ3v) is 4.14. The van der Waals surface area contributed by atoms with Crippen LogP contribution in [-0.4, -0.2) is 53.6 Å². The average Bonchev–Trinajstić information content (AvgIpc) is 3.00.